The molecule has 0 unspecified atom stereocenters. The Kier molecular flexibility index (Phi) is 7.71. The Labute approximate surface area is 169 Å². The van der Waals surface area contributed by atoms with Crippen LogP contribution in [0.1, 0.15) is 18.1 Å². The van der Waals surface area contributed by atoms with E-state index in [-0.39, 0.29) is 13.2 Å². The summed E-state index contributed by atoms with van der Waals surface area (Å²) in [6, 6.07) is 17.7. The minimum absolute atomic E-state index is 0.0403. The first-order valence-electron chi connectivity index (χ1n) is 9.56. The van der Waals surface area contributed by atoms with Crippen LogP contribution in [-0.4, -0.2) is 48.3 Å². The van der Waals surface area contributed by atoms with Crippen LogP contribution < -0.4 is 5.32 Å². The first kappa shape index (κ1) is 21.4. The summed E-state index contributed by atoms with van der Waals surface area (Å²) in [5.74, 6) is -0.458. The lowest BCUT2D eigenvalue weighted by molar-refractivity contribution is -0.257. The molecule has 0 bridgehead atoms. The predicted octanol–water partition coefficient (Wildman–Crippen LogP) is 2.35. The summed E-state index contributed by atoms with van der Waals surface area (Å²) in [6.45, 7) is 1.80. The molecule has 5 atom stereocenters. The number of benzene rings is 2. The van der Waals surface area contributed by atoms with Crippen LogP contribution in [0.5, 0.6) is 0 Å². The average Bonchev–Trinajstić information content (AvgIpc) is 2.72. The molecule has 0 spiro atoms. The van der Waals surface area contributed by atoms with Crippen molar-refractivity contribution >= 4 is 5.91 Å². The Morgan fingerprint density at radius 2 is 1.66 bits per heavy atom. The van der Waals surface area contributed by atoms with Crippen molar-refractivity contribution < 1.29 is 28.5 Å². The largest absolute Gasteiger partial charge is 0.374 e. The number of aliphatic hydroxyl groups excluding tert-OH is 1. The third kappa shape index (κ3) is 6.08. The third-order valence-corrected chi connectivity index (χ3v) is 4.69. The fourth-order valence-electron chi connectivity index (χ4n) is 3.26. The van der Waals surface area contributed by atoms with Crippen molar-refractivity contribution in [2.75, 3.05) is 6.61 Å². The zero-order valence-electron chi connectivity index (χ0n) is 16.2. The maximum absolute atomic E-state index is 15.2. The van der Waals surface area contributed by atoms with Gasteiger partial charge in [0.1, 0.15) is 18.2 Å². The van der Waals surface area contributed by atoms with E-state index >= 15 is 4.39 Å². The molecule has 156 valence electrons. The SMILES string of the molecule is CC(=O)N[C@@H]1[C@@H](F)[C@H](OCc2ccccc2)[C@@H](COCc2ccccc2)O[C@@H]1O. The van der Waals surface area contributed by atoms with Crippen molar-refractivity contribution in [1.82, 2.24) is 5.32 Å². The molecule has 6 nitrogen and oxygen atoms in total. The van der Waals surface area contributed by atoms with Gasteiger partial charge >= 0.3 is 0 Å². The zero-order valence-corrected chi connectivity index (χ0v) is 16.2. The van der Waals surface area contributed by atoms with E-state index in [1.807, 2.05) is 60.7 Å². The van der Waals surface area contributed by atoms with Crippen LogP contribution in [0.4, 0.5) is 4.39 Å². The van der Waals surface area contributed by atoms with Crippen LogP contribution in [0.3, 0.4) is 0 Å². The number of carbonyl (C=O) groups excluding carboxylic acids is 1. The van der Waals surface area contributed by atoms with E-state index in [2.05, 4.69) is 5.32 Å². The first-order chi connectivity index (χ1) is 14.0. The number of aliphatic hydroxyl groups is 1. The van der Waals surface area contributed by atoms with Crippen molar-refractivity contribution in [1.29, 1.82) is 0 Å². The van der Waals surface area contributed by atoms with E-state index in [4.69, 9.17) is 14.2 Å². The molecule has 2 N–H and O–H groups in total. The fourth-order valence-corrected chi connectivity index (χ4v) is 3.26. The van der Waals surface area contributed by atoms with Gasteiger partial charge < -0.3 is 24.6 Å². The summed E-state index contributed by atoms with van der Waals surface area (Å²) >= 11 is 0. The molecule has 7 heteroatoms. The van der Waals surface area contributed by atoms with Gasteiger partial charge in [-0.2, -0.15) is 0 Å². The summed E-state index contributed by atoms with van der Waals surface area (Å²) in [4.78, 5) is 11.4. The molecule has 1 heterocycles. The third-order valence-electron chi connectivity index (χ3n) is 4.69. The monoisotopic (exact) mass is 403 g/mol. The van der Waals surface area contributed by atoms with E-state index in [1.54, 1.807) is 0 Å². The number of amides is 1. The van der Waals surface area contributed by atoms with Crippen LogP contribution in [0.15, 0.2) is 60.7 Å². The Bertz CT molecular complexity index is 760. The van der Waals surface area contributed by atoms with Gasteiger partial charge in [-0.25, -0.2) is 4.39 Å². The highest BCUT2D eigenvalue weighted by Crippen LogP contribution is 2.26. The van der Waals surface area contributed by atoms with E-state index in [0.717, 1.165) is 11.1 Å². The number of hydrogen-bond acceptors (Lipinski definition) is 5. The number of carbonyl (C=O) groups is 1. The standard InChI is InChI=1S/C22H26FNO5/c1-15(25)24-20-19(23)21(28-13-17-10-6-3-7-11-17)18(29-22(20)26)14-27-12-16-8-4-2-5-9-16/h2-11,18-22,26H,12-14H2,1H3,(H,24,25)/t18-,19-,20-,21-,22+/m1/s1. The predicted molar refractivity (Wildman–Crippen MR) is 104 cm³/mol. The molecule has 0 saturated carbocycles. The number of nitrogens with one attached hydrogen (secondary N) is 1. The second kappa shape index (κ2) is 10.5. The Morgan fingerprint density at radius 1 is 1.07 bits per heavy atom. The lowest BCUT2D eigenvalue weighted by atomic mass is 9.98. The first-order valence-corrected chi connectivity index (χ1v) is 9.56. The number of alkyl halides is 1. The molecule has 0 aromatic heterocycles. The maximum atomic E-state index is 15.2. The topological polar surface area (TPSA) is 77.0 Å². The number of rotatable bonds is 8. The van der Waals surface area contributed by atoms with Gasteiger partial charge in [0, 0.05) is 6.92 Å². The molecule has 1 aliphatic heterocycles. The second-order valence-corrected chi connectivity index (χ2v) is 7.00. The molecule has 0 aliphatic carbocycles. The maximum Gasteiger partial charge on any atom is 0.217 e. The highest BCUT2D eigenvalue weighted by Gasteiger charge is 2.47. The van der Waals surface area contributed by atoms with Crippen molar-refractivity contribution in [3.63, 3.8) is 0 Å². The molecule has 0 radical (unpaired) electrons. The highest BCUT2D eigenvalue weighted by molar-refractivity contribution is 5.73. The summed E-state index contributed by atoms with van der Waals surface area (Å²) in [7, 11) is 0. The number of ether oxygens (including phenoxy) is 3. The average molecular weight is 403 g/mol. The zero-order chi connectivity index (χ0) is 20.6. The van der Waals surface area contributed by atoms with Gasteiger partial charge in [0.25, 0.3) is 0 Å². The van der Waals surface area contributed by atoms with Crippen molar-refractivity contribution in [3.8, 4) is 0 Å². The Balaban J connectivity index is 1.66. The molecule has 1 fully saturated rings. The molecule has 1 aliphatic rings. The molecular formula is C22H26FNO5. The lowest BCUT2D eigenvalue weighted by Crippen LogP contribution is -2.63. The molecular weight excluding hydrogens is 377 g/mol. The molecule has 2 aromatic rings. The minimum Gasteiger partial charge on any atom is -0.374 e. The van der Waals surface area contributed by atoms with Gasteiger partial charge in [-0.1, -0.05) is 60.7 Å². The van der Waals surface area contributed by atoms with Gasteiger partial charge in [0.15, 0.2) is 12.5 Å². The van der Waals surface area contributed by atoms with Crippen LogP contribution >= 0.6 is 0 Å². The molecule has 1 amide bonds. The normalized spacial score (nSPS) is 26.8. The summed E-state index contributed by atoms with van der Waals surface area (Å²) in [5, 5.41) is 12.6. The fraction of sp³-hybridized carbons (Fsp3) is 0.409. The Hall–Kier alpha value is -2.32. The van der Waals surface area contributed by atoms with Crippen molar-refractivity contribution in [2.24, 2.45) is 0 Å². The number of hydrogen-bond donors (Lipinski definition) is 2. The van der Waals surface area contributed by atoms with E-state index < -0.39 is 36.6 Å². The molecule has 2 aromatic carbocycles. The number of halogens is 1. The Morgan fingerprint density at radius 3 is 2.24 bits per heavy atom. The molecule has 3 rings (SSSR count). The van der Waals surface area contributed by atoms with Crippen LogP contribution in [0.2, 0.25) is 0 Å². The second-order valence-electron chi connectivity index (χ2n) is 7.00. The minimum atomic E-state index is -1.66. The summed E-state index contributed by atoms with van der Waals surface area (Å²) in [6.07, 6.45) is -4.98. The van der Waals surface area contributed by atoms with E-state index in [1.165, 1.54) is 6.92 Å². The molecule has 29 heavy (non-hydrogen) atoms. The van der Waals surface area contributed by atoms with Crippen LogP contribution in [0.25, 0.3) is 0 Å². The van der Waals surface area contributed by atoms with Gasteiger partial charge in [0.2, 0.25) is 5.91 Å². The van der Waals surface area contributed by atoms with Crippen molar-refractivity contribution in [2.45, 2.75) is 50.8 Å². The molecule has 1 saturated heterocycles. The van der Waals surface area contributed by atoms with Gasteiger partial charge in [-0.15, -0.1) is 0 Å². The van der Waals surface area contributed by atoms with E-state index in [0.29, 0.717) is 6.61 Å². The smallest absolute Gasteiger partial charge is 0.217 e. The quantitative estimate of drug-likeness (QED) is 0.708. The summed E-state index contributed by atoms with van der Waals surface area (Å²) < 4.78 is 32.2. The lowest BCUT2D eigenvalue weighted by Gasteiger charge is -2.41. The highest BCUT2D eigenvalue weighted by atomic mass is 19.1. The van der Waals surface area contributed by atoms with Gasteiger partial charge in [-0.05, 0) is 11.1 Å². The van der Waals surface area contributed by atoms with E-state index in [9.17, 15) is 9.90 Å². The van der Waals surface area contributed by atoms with Gasteiger partial charge in [-0.3, -0.25) is 4.79 Å². The van der Waals surface area contributed by atoms with Crippen molar-refractivity contribution in [3.05, 3.63) is 71.8 Å². The van der Waals surface area contributed by atoms with Gasteiger partial charge in [0.05, 0.1) is 19.8 Å². The van der Waals surface area contributed by atoms with Crippen LogP contribution in [0, 0.1) is 0 Å². The van der Waals surface area contributed by atoms with Crippen LogP contribution in [-0.2, 0) is 32.2 Å². The summed E-state index contributed by atoms with van der Waals surface area (Å²) in [5.41, 5.74) is 1.85.